The summed E-state index contributed by atoms with van der Waals surface area (Å²) in [6, 6.07) is 2.03. The van der Waals surface area contributed by atoms with Crippen LogP contribution in [0.2, 0.25) is 0 Å². The van der Waals surface area contributed by atoms with Crippen molar-refractivity contribution < 1.29 is 5.11 Å². The van der Waals surface area contributed by atoms with E-state index in [1.807, 2.05) is 37.0 Å². The Kier molecular flexibility index (Phi) is 3.70. The highest BCUT2D eigenvalue weighted by Crippen LogP contribution is 2.29. The van der Waals surface area contributed by atoms with E-state index in [0.717, 1.165) is 26.3 Å². The molecule has 0 aromatic carbocycles. The molecule has 5 heteroatoms. The largest absolute Gasteiger partial charge is 0.387 e. The molecule has 2 rings (SSSR count). The van der Waals surface area contributed by atoms with Crippen LogP contribution in [0.3, 0.4) is 0 Å². The van der Waals surface area contributed by atoms with E-state index >= 15 is 0 Å². The van der Waals surface area contributed by atoms with E-state index in [2.05, 4.69) is 21.0 Å². The van der Waals surface area contributed by atoms with Gasteiger partial charge < -0.3 is 5.11 Å². The Labute approximate surface area is 113 Å². The predicted molar refractivity (Wildman–Crippen MR) is 73.4 cm³/mol. The lowest BCUT2D eigenvalue weighted by molar-refractivity contribution is 0.179. The maximum atomic E-state index is 10.3. The summed E-state index contributed by atoms with van der Waals surface area (Å²) in [5.74, 6) is 0. The van der Waals surface area contributed by atoms with Gasteiger partial charge >= 0.3 is 0 Å². The molecule has 0 saturated heterocycles. The van der Waals surface area contributed by atoms with Crippen LogP contribution in [0.5, 0.6) is 0 Å². The summed E-state index contributed by atoms with van der Waals surface area (Å²) in [7, 11) is 1.90. The molecule has 0 saturated carbocycles. The normalized spacial score (nSPS) is 13.0. The van der Waals surface area contributed by atoms with Gasteiger partial charge in [-0.2, -0.15) is 5.10 Å². The quantitative estimate of drug-likeness (QED) is 0.945. The fourth-order valence-electron chi connectivity index (χ4n) is 1.90. The lowest BCUT2D eigenvalue weighted by Crippen LogP contribution is -2.06. The third-order valence-electron chi connectivity index (χ3n) is 2.85. The van der Waals surface area contributed by atoms with Gasteiger partial charge in [-0.05, 0) is 46.8 Å². The van der Waals surface area contributed by atoms with Crippen molar-refractivity contribution in [2.45, 2.75) is 26.4 Å². The molecule has 17 heavy (non-hydrogen) atoms. The number of aliphatic hydroxyl groups excluding tert-OH is 1. The molecule has 1 N–H and O–H groups in total. The number of aliphatic hydroxyl groups is 1. The van der Waals surface area contributed by atoms with Gasteiger partial charge in [0.1, 0.15) is 0 Å². The van der Waals surface area contributed by atoms with Crippen LogP contribution in [-0.4, -0.2) is 14.9 Å². The smallest absolute Gasteiger partial charge is 0.0940 e. The molecule has 1 atom stereocenters. The van der Waals surface area contributed by atoms with Gasteiger partial charge in [0, 0.05) is 18.3 Å². The van der Waals surface area contributed by atoms with Crippen molar-refractivity contribution in [1.82, 2.24) is 9.78 Å². The van der Waals surface area contributed by atoms with E-state index in [-0.39, 0.29) is 0 Å². The van der Waals surface area contributed by atoms with Crippen molar-refractivity contribution in [3.8, 4) is 0 Å². The molecule has 0 radical (unpaired) electrons. The molecule has 2 heterocycles. The van der Waals surface area contributed by atoms with Crippen LogP contribution in [0, 0.1) is 13.8 Å². The van der Waals surface area contributed by atoms with Crippen LogP contribution in [0.4, 0.5) is 0 Å². The first-order valence-electron chi connectivity index (χ1n) is 5.40. The predicted octanol–water partition coefficient (Wildman–Crippen LogP) is 3.14. The SMILES string of the molecule is Cc1ccsc1C(O)Cc1c(Br)c(C)nn1C. The molecular weight excluding hydrogens is 300 g/mol. The minimum Gasteiger partial charge on any atom is -0.387 e. The number of thiophene rings is 1. The molecule has 1 unspecified atom stereocenters. The molecule has 92 valence electrons. The minimum atomic E-state index is -0.457. The summed E-state index contributed by atoms with van der Waals surface area (Å²) < 4.78 is 2.82. The van der Waals surface area contributed by atoms with Crippen molar-refractivity contribution >= 4 is 27.3 Å². The highest BCUT2D eigenvalue weighted by Gasteiger charge is 2.18. The number of nitrogens with zero attached hydrogens (tertiary/aromatic N) is 2. The molecule has 2 aromatic rings. The number of hydrogen-bond acceptors (Lipinski definition) is 3. The zero-order chi connectivity index (χ0) is 12.6. The number of halogens is 1. The molecular formula is C12H15BrN2OS. The molecule has 0 bridgehead atoms. The molecule has 0 spiro atoms. The molecule has 0 fully saturated rings. The van der Waals surface area contributed by atoms with Crippen LogP contribution >= 0.6 is 27.3 Å². The summed E-state index contributed by atoms with van der Waals surface area (Å²) >= 11 is 5.12. The summed E-state index contributed by atoms with van der Waals surface area (Å²) in [5.41, 5.74) is 3.14. The van der Waals surface area contributed by atoms with E-state index in [1.54, 1.807) is 11.3 Å². The second kappa shape index (κ2) is 4.92. The van der Waals surface area contributed by atoms with E-state index in [9.17, 15) is 5.11 Å². The Morgan fingerprint density at radius 3 is 2.71 bits per heavy atom. The van der Waals surface area contributed by atoms with E-state index in [1.165, 1.54) is 0 Å². The molecule has 0 aliphatic heterocycles. The lowest BCUT2D eigenvalue weighted by Gasteiger charge is -2.10. The second-order valence-corrected chi connectivity index (χ2v) is 5.90. The minimum absolute atomic E-state index is 0.457. The van der Waals surface area contributed by atoms with E-state index in [0.29, 0.717) is 6.42 Å². The van der Waals surface area contributed by atoms with Crippen LogP contribution in [0.15, 0.2) is 15.9 Å². The summed E-state index contributed by atoms with van der Waals surface area (Å²) in [5, 5.41) is 16.6. The highest BCUT2D eigenvalue weighted by molar-refractivity contribution is 9.10. The Hall–Kier alpha value is -0.650. The average molecular weight is 315 g/mol. The maximum Gasteiger partial charge on any atom is 0.0940 e. The highest BCUT2D eigenvalue weighted by atomic mass is 79.9. The first-order valence-corrected chi connectivity index (χ1v) is 7.08. The van der Waals surface area contributed by atoms with Crippen molar-refractivity contribution in [1.29, 1.82) is 0 Å². The van der Waals surface area contributed by atoms with Gasteiger partial charge in [-0.3, -0.25) is 4.68 Å². The van der Waals surface area contributed by atoms with Gasteiger partial charge in [-0.25, -0.2) is 0 Å². The first kappa shape index (κ1) is 12.8. The Balaban J connectivity index is 2.24. The van der Waals surface area contributed by atoms with Gasteiger partial charge in [-0.15, -0.1) is 11.3 Å². The van der Waals surface area contributed by atoms with Crippen molar-refractivity contribution in [2.75, 3.05) is 0 Å². The monoisotopic (exact) mass is 314 g/mol. The van der Waals surface area contributed by atoms with Gasteiger partial charge in [0.15, 0.2) is 0 Å². The maximum absolute atomic E-state index is 10.3. The Morgan fingerprint density at radius 1 is 1.53 bits per heavy atom. The Morgan fingerprint density at radius 2 is 2.24 bits per heavy atom. The molecule has 2 aromatic heterocycles. The van der Waals surface area contributed by atoms with E-state index < -0.39 is 6.10 Å². The third kappa shape index (κ3) is 2.46. The number of aromatic nitrogens is 2. The average Bonchev–Trinajstić information content (AvgIpc) is 2.78. The second-order valence-electron chi connectivity index (χ2n) is 4.16. The van der Waals surface area contributed by atoms with Gasteiger partial charge in [0.25, 0.3) is 0 Å². The van der Waals surface area contributed by atoms with Crippen LogP contribution in [-0.2, 0) is 13.5 Å². The van der Waals surface area contributed by atoms with Crippen molar-refractivity contribution in [2.24, 2.45) is 7.05 Å². The fourth-order valence-corrected chi connectivity index (χ4v) is 3.31. The van der Waals surface area contributed by atoms with Crippen molar-refractivity contribution in [3.63, 3.8) is 0 Å². The van der Waals surface area contributed by atoms with Gasteiger partial charge in [-0.1, -0.05) is 0 Å². The topological polar surface area (TPSA) is 38.1 Å². The van der Waals surface area contributed by atoms with E-state index in [4.69, 9.17) is 0 Å². The molecule has 0 aliphatic rings. The number of hydrogen-bond donors (Lipinski definition) is 1. The fraction of sp³-hybridized carbons (Fsp3) is 0.417. The zero-order valence-corrected chi connectivity index (χ0v) is 12.5. The summed E-state index contributed by atoms with van der Waals surface area (Å²) in [6.07, 6.45) is 0.125. The van der Waals surface area contributed by atoms with Crippen LogP contribution in [0.25, 0.3) is 0 Å². The lowest BCUT2D eigenvalue weighted by atomic mass is 10.1. The number of aryl methyl sites for hydroxylation is 3. The van der Waals surface area contributed by atoms with Gasteiger partial charge in [0.05, 0.1) is 22.0 Å². The first-order chi connectivity index (χ1) is 8.00. The molecule has 3 nitrogen and oxygen atoms in total. The standard InChI is InChI=1S/C12H15BrN2OS/c1-7-4-5-17-12(7)10(16)6-9-11(13)8(2)14-15(9)3/h4-5,10,16H,6H2,1-3H3. The summed E-state index contributed by atoms with van der Waals surface area (Å²) in [6.45, 7) is 3.98. The van der Waals surface area contributed by atoms with Crippen LogP contribution in [0.1, 0.15) is 27.9 Å². The third-order valence-corrected chi connectivity index (χ3v) is 5.00. The molecule has 0 amide bonds. The zero-order valence-electron chi connectivity index (χ0n) is 10.1. The van der Waals surface area contributed by atoms with Crippen molar-refractivity contribution in [3.05, 3.63) is 37.7 Å². The van der Waals surface area contributed by atoms with Crippen LogP contribution < -0.4 is 0 Å². The number of rotatable bonds is 3. The Bertz CT molecular complexity index is 533. The summed E-state index contributed by atoms with van der Waals surface area (Å²) in [4.78, 5) is 1.04. The molecule has 0 aliphatic carbocycles. The van der Waals surface area contributed by atoms with Gasteiger partial charge in [0.2, 0.25) is 0 Å².